The number of imidazole rings is 1. The maximum absolute atomic E-state index is 6.56. The lowest BCUT2D eigenvalue weighted by Crippen LogP contribution is -2.50. The van der Waals surface area contributed by atoms with Gasteiger partial charge in [-0.3, -0.25) is 0 Å². The Balaban J connectivity index is 0.000000488. The monoisotopic (exact) mass is 430 g/mol. The molecule has 0 aliphatic heterocycles. The molecule has 0 atom stereocenters. The van der Waals surface area contributed by atoms with E-state index in [0.29, 0.717) is 21.6 Å². The van der Waals surface area contributed by atoms with Gasteiger partial charge in [-0.15, -0.1) is 0 Å². The second-order valence-electron chi connectivity index (χ2n) is 6.76. The van der Waals surface area contributed by atoms with E-state index < -0.39 is 8.32 Å². The van der Waals surface area contributed by atoms with Gasteiger partial charge in [-0.05, 0) is 34.8 Å². The Labute approximate surface area is 160 Å². The summed E-state index contributed by atoms with van der Waals surface area (Å²) in [7, 11) is -1.92. The van der Waals surface area contributed by atoms with Crippen molar-refractivity contribution in [1.29, 1.82) is 0 Å². The SMILES string of the molecule is CC(C)[Si](Oc1ccc(Br)cc1Cl)(C(C)C)C(C)C.c1c[nH]cn1. The number of benzene rings is 1. The molecule has 0 aliphatic carbocycles. The molecule has 1 aromatic heterocycles. The van der Waals surface area contributed by atoms with Crippen molar-refractivity contribution in [1.82, 2.24) is 9.97 Å². The smallest absolute Gasteiger partial charge is 0.258 e. The second kappa shape index (κ2) is 9.64. The molecule has 2 aromatic rings. The number of hydrogen-bond acceptors (Lipinski definition) is 2. The number of hydrogen-bond donors (Lipinski definition) is 1. The molecule has 0 saturated heterocycles. The third kappa shape index (κ3) is 5.36. The predicted octanol–water partition coefficient (Wildman–Crippen LogP) is 7.07. The van der Waals surface area contributed by atoms with Crippen LogP contribution in [0.1, 0.15) is 41.5 Å². The van der Waals surface area contributed by atoms with E-state index in [1.54, 1.807) is 18.7 Å². The van der Waals surface area contributed by atoms with E-state index in [1.807, 2.05) is 18.2 Å². The Morgan fingerprint density at radius 3 is 2.00 bits per heavy atom. The lowest BCUT2D eigenvalue weighted by atomic mass is 10.3. The van der Waals surface area contributed by atoms with Crippen LogP contribution < -0.4 is 4.43 Å². The van der Waals surface area contributed by atoms with Gasteiger partial charge < -0.3 is 9.41 Å². The average molecular weight is 432 g/mol. The number of rotatable bonds is 5. The Bertz CT molecular complexity index is 564. The molecule has 24 heavy (non-hydrogen) atoms. The molecule has 0 radical (unpaired) electrons. The molecule has 6 heteroatoms. The maximum Gasteiger partial charge on any atom is 0.258 e. The Kier molecular flexibility index (Phi) is 8.54. The highest BCUT2D eigenvalue weighted by Crippen LogP contribution is 2.44. The van der Waals surface area contributed by atoms with E-state index in [9.17, 15) is 0 Å². The molecular weight excluding hydrogens is 404 g/mol. The van der Waals surface area contributed by atoms with Crippen molar-refractivity contribution >= 4 is 35.8 Å². The quantitative estimate of drug-likeness (QED) is 0.514. The summed E-state index contributed by atoms with van der Waals surface area (Å²) in [6.45, 7) is 13.7. The highest BCUT2D eigenvalue weighted by molar-refractivity contribution is 9.10. The molecule has 0 aliphatic rings. The van der Waals surface area contributed by atoms with Gasteiger partial charge in [0.05, 0.1) is 11.3 Å². The van der Waals surface area contributed by atoms with Crippen LogP contribution in [0.3, 0.4) is 0 Å². The van der Waals surface area contributed by atoms with E-state index in [1.165, 1.54) is 0 Å². The molecule has 1 heterocycles. The lowest BCUT2D eigenvalue weighted by Gasteiger charge is -2.42. The predicted molar refractivity (Wildman–Crippen MR) is 109 cm³/mol. The van der Waals surface area contributed by atoms with E-state index in [-0.39, 0.29) is 0 Å². The van der Waals surface area contributed by atoms with Crippen LogP contribution in [0.4, 0.5) is 0 Å². The minimum atomic E-state index is -1.92. The van der Waals surface area contributed by atoms with E-state index in [4.69, 9.17) is 16.0 Å². The van der Waals surface area contributed by atoms with Gasteiger partial charge in [0.25, 0.3) is 8.32 Å². The molecule has 0 fully saturated rings. The number of H-pyrrole nitrogens is 1. The van der Waals surface area contributed by atoms with Crippen LogP contribution in [-0.4, -0.2) is 18.3 Å². The first-order chi connectivity index (χ1) is 11.2. The fourth-order valence-corrected chi connectivity index (χ4v) is 9.36. The molecule has 2 rings (SSSR count). The van der Waals surface area contributed by atoms with Gasteiger partial charge in [0.1, 0.15) is 5.75 Å². The van der Waals surface area contributed by atoms with Crippen molar-refractivity contribution in [2.45, 2.75) is 58.2 Å². The van der Waals surface area contributed by atoms with Crippen molar-refractivity contribution in [2.24, 2.45) is 0 Å². The van der Waals surface area contributed by atoms with Crippen molar-refractivity contribution in [3.8, 4) is 5.75 Å². The summed E-state index contributed by atoms with van der Waals surface area (Å²) in [5.41, 5.74) is 1.65. The minimum absolute atomic E-state index is 0.548. The molecular formula is C18H28BrClN2OSi. The van der Waals surface area contributed by atoms with Crippen LogP contribution in [0, 0.1) is 0 Å². The third-order valence-corrected chi connectivity index (χ3v) is 11.1. The summed E-state index contributed by atoms with van der Waals surface area (Å²) < 4.78 is 7.54. The van der Waals surface area contributed by atoms with Crippen LogP contribution in [0.15, 0.2) is 41.4 Å². The number of halogens is 2. The Hall–Kier alpha value is -0.783. The fraction of sp³-hybridized carbons (Fsp3) is 0.500. The van der Waals surface area contributed by atoms with Gasteiger partial charge in [-0.2, -0.15) is 0 Å². The normalized spacial score (nSPS) is 11.6. The first kappa shape index (κ1) is 21.3. The fourth-order valence-electron chi connectivity index (χ4n) is 3.32. The second-order valence-corrected chi connectivity index (χ2v) is 13.5. The molecule has 0 amide bonds. The van der Waals surface area contributed by atoms with Crippen LogP contribution in [0.2, 0.25) is 21.6 Å². The van der Waals surface area contributed by atoms with Gasteiger partial charge >= 0.3 is 0 Å². The van der Waals surface area contributed by atoms with E-state index in [2.05, 4.69) is 67.4 Å². The van der Waals surface area contributed by atoms with Crippen LogP contribution in [0.5, 0.6) is 5.75 Å². The number of aromatic amines is 1. The summed E-state index contributed by atoms with van der Waals surface area (Å²) in [5.74, 6) is 0.827. The van der Waals surface area contributed by atoms with E-state index >= 15 is 0 Å². The summed E-state index contributed by atoms with van der Waals surface area (Å²) in [6, 6.07) is 5.86. The standard InChI is InChI=1S/C15H24BrClOSi.C3H4N2/c1-10(2)19(11(3)4,12(5)6)18-15-8-7-13(16)9-14(15)17;1-2-5-3-4-1/h7-12H,1-6H3;1-3H,(H,4,5). The lowest BCUT2D eigenvalue weighted by molar-refractivity contribution is 0.480. The number of nitrogens with one attached hydrogen (secondary N) is 1. The first-order valence-electron chi connectivity index (χ1n) is 8.28. The minimum Gasteiger partial charge on any atom is -0.542 e. The van der Waals surface area contributed by atoms with Crippen LogP contribution >= 0.6 is 27.5 Å². The first-order valence-corrected chi connectivity index (χ1v) is 11.6. The van der Waals surface area contributed by atoms with Crippen LogP contribution in [0.25, 0.3) is 0 Å². The molecule has 1 aromatic carbocycles. The zero-order valence-corrected chi connectivity index (χ0v) is 18.6. The maximum atomic E-state index is 6.56. The Morgan fingerprint density at radius 2 is 1.67 bits per heavy atom. The van der Waals surface area contributed by atoms with Gasteiger partial charge in [0.15, 0.2) is 0 Å². The molecule has 1 N–H and O–H groups in total. The zero-order chi connectivity index (χ0) is 18.3. The van der Waals surface area contributed by atoms with E-state index in [0.717, 1.165) is 10.2 Å². The molecule has 0 bridgehead atoms. The van der Waals surface area contributed by atoms with Crippen LogP contribution in [-0.2, 0) is 0 Å². The summed E-state index contributed by atoms with van der Waals surface area (Å²) in [6.07, 6.45) is 5.08. The average Bonchev–Trinajstić information content (AvgIpc) is 3.04. The molecule has 0 saturated carbocycles. The molecule has 0 spiro atoms. The molecule has 0 unspecified atom stereocenters. The van der Waals surface area contributed by atoms with Crippen molar-refractivity contribution < 1.29 is 4.43 Å². The number of nitrogens with zero attached hydrogens (tertiary/aromatic N) is 1. The van der Waals surface area contributed by atoms with Crippen molar-refractivity contribution in [2.75, 3.05) is 0 Å². The highest BCUT2D eigenvalue weighted by atomic mass is 79.9. The Morgan fingerprint density at radius 1 is 1.08 bits per heavy atom. The zero-order valence-electron chi connectivity index (χ0n) is 15.3. The van der Waals surface area contributed by atoms with Gasteiger partial charge in [-0.25, -0.2) is 4.98 Å². The molecule has 3 nitrogen and oxygen atoms in total. The highest BCUT2D eigenvalue weighted by Gasteiger charge is 2.47. The molecule has 134 valence electrons. The summed E-state index contributed by atoms with van der Waals surface area (Å²) in [5, 5.41) is 0.688. The van der Waals surface area contributed by atoms with Gasteiger partial charge in [0, 0.05) is 16.9 Å². The largest absolute Gasteiger partial charge is 0.542 e. The van der Waals surface area contributed by atoms with Crippen molar-refractivity contribution in [3.05, 3.63) is 46.4 Å². The van der Waals surface area contributed by atoms with Gasteiger partial charge in [-0.1, -0.05) is 69.1 Å². The summed E-state index contributed by atoms with van der Waals surface area (Å²) >= 11 is 9.75. The van der Waals surface area contributed by atoms with Crippen molar-refractivity contribution in [3.63, 3.8) is 0 Å². The third-order valence-electron chi connectivity index (χ3n) is 4.29. The van der Waals surface area contributed by atoms with Gasteiger partial charge in [0.2, 0.25) is 0 Å². The summed E-state index contributed by atoms with van der Waals surface area (Å²) in [4.78, 5) is 6.42. The topological polar surface area (TPSA) is 37.9 Å². The number of aromatic nitrogens is 2.